The van der Waals surface area contributed by atoms with E-state index >= 15 is 0 Å². The first kappa shape index (κ1) is 15.2. The summed E-state index contributed by atoms with van der Waals surface area (Å²) < 4.78 is 0. The van der Waals surface area contributed by atoms with Gasteiger partial charge in [-0.1, -0.05) is 44.2 Å². The molecular weight excluding hydrogens is 218 g/mol. The zero-order valence-corrected chi connectivity index (χ0v) is 12.5. The van der Waals surface area contributed by atoms with Crippen LogP contribution in [0.15, 0.2) is 30.3 Å². The van der Waals surface area contributed by atoms with Crippen LogP contribution in [-0.2, 0) is 6.42 Å². The van der Waals surface area contributed by atoms with Crippen molar-refractivity contribution in [3.05, 3.63) is 35.9 Å². The van der Waals surface area contributed by atoms with Gasteiger partial charge in [0.2, 0.25) is 0 Å². The summed E-state index contributed by atoms with van der Waals surface area (Å²) in [5.74, 6) is 0.819. The molecule has 0 aliphatic heterocycles. The Labute approximate surface area is 113 Å². The predicted octanol–water partition coefficient (Wildman–Crippen LogP) is 4.42. The van der Waals surface area contributed by atoms with E-state index in [2.05, 4.69) is 63.3 Å². The summed E-state index contributed by atoms with van der Waals surface area (Å²) in [6.45, 7) is 10.3. The first-order chi connectivity index (χ1) is 8.49. The van der Waals surface area contributed by atoms with E-state index in [1.54, 1.807) is 0 Å². The van der Waals surface area contributed by atoms with E-state index in [9.17, 15) is 0 Å². The van der Waals surface area contributed by atoms with E-state index < -0.39 is 0 Å². The summed E-state index contributed by atoms with van der Waals surface area (Å²) in [6.07, 6.45) is 4.96. The molecule has 1 heteroatoms. The van der Waals surface area contributed by atoms with Crippen LogP contribution in [-0.4, -0.2) is 12.1 Å². The quantitative estimate of drug-likeness (QED) is 0.670. The van der Waals surface area contributed by atoms with Crippen molar-refractivity contribution in [1.29, 1.82) is 0 Å². The fourth-order valence-electron chi connectivity index (χ4n) is 2.13. The van der Waals surface area contributed by atoms with Crippen molar-refractivity contribution in [3.63, 3.8) is 0 Å². The number of hydrogen-bond acceptors (Lipinski definition) is 1. The Hall–Kier alpha value is -0.820. The lowest BCUT2D eigenvalue weighted by atomic mass is 9.95. The van der Waals surface area contributed by atoms with Crippen LogP contribution in [0.1, 0.15) is 52.5 Å². The molecule has 0 unspecified atom stereocenters. The molecular formula is C17H29N. The fourth-order valence-corrected chi connectivity index (χ4v) is 2.13. The monoisotopic (exact) mass is 247 g/mol. The van der Waals surface area contributed by atoms with Gasteiger partial charge in [-0.25, -0.2) is 0 Å². The lowest BCUT2D eigenvalue weighted by molar-refractivity contribution is 0.353. The zero-order chi connectivity index (χ0) is 13.4. The van der Waals surface area contributed by atoms with Crippen molar-refractivity contribution in [2.75, 3.05) is 6.54 Å². The molecule has 18 heavy (non-hydrogen) atoms. The molecule has 0 radical (unpaired) electrons. The second-order valence-electron chi connectivity index (χ2n) is 6.33. The highest BCUT2D eigenvalue weighted by molar-refractivity contribution is 5.15. The first-order valence-electron chi connectivity index (χ1n) is 7.28. The number of nitrogens with one attached hydrogen (secondary N) is 1. The second-order valence-corrected chi connectivity index (χ2v) is 6.33. The van der Waals surface area contributed by atoms with Gasteiger partial charge in [-0.3, -0.25) is 0 Å². The van der Waals surface area contributed by atoms with Crippen molar-refractivity contribution in [1.82, 2.24) is 5.32 Å². The Bertz CT molecular complexity index is 314. The largest absolute Gasteiger partial charge is 0.312 e. The molecule has 0 saturated carbocycles. The molecule has 0 aliphatic rings. The normalized spacial score (nSPS) is 12.1. The van der Waals surface area contributed by atoms with Gasteiger partial charge >= 0.3 is 0 Å². The maximum Gasteiger partial charge on any atom is 0.0128 e. The molecule has 1 aromatic carbocycles. The van der Waals surface area contributed by atoms with Gasteiger partial charge in [0.05, 0.1) is 0 Å². The minimum Gasteiger partial charge on any atom is -0.312 e. The van der Waals surface area contributed by atoms with Crippen LogP contribution >= 0.6 is 0 Å². The molecule has 1 aromatic rings. The number of hydrogen-bond donors (Lipinski definition) is 1. The molecule has 1 nitrogen and oxygen atoms in total. The van der Waals surface area contributed by atoms with Crippen LogP contribution in [0, 0.1) is 5.92 Å². The van der Waals surface area contributed by atoms with Gasteiger partial charge in [0, 0.05) is 5.54 Å². The van der Waals surface area contributed by atoms with Gasteiger partial charge in [-0.15, -0.1) is 0 Å². The van der Waals surface area contributed by atoms with Crippen molar-refractivity contribution >= 4 is 0 Å². The van der Waals surface area contributed by atoms with Gasteiger partial charge in [0.25, 0.3) is 0 Å². The third-order valence-electron chi connectivity index (χ3n) is 3.44. The molecule has 0 bridgehead atoms. The molecule has 0 amide bonds. The first-order valence-corrected chi connectivity index (χ1v) is 7.28. The number of aryl methyl sites for hydroxylation is 1. The Morgan fingerprint density at radius 2 is 1.78 bits per heavy atom. The van der Waals surface area contributed by atoms with Gasteiger partial charge in [-0.05, 0) is 57.6 Å². The number of benzene rings is 1. The lowest BCUT2D eigenvalue weighted by Gasteiger charge is -2.26. The molecule has 0 aliphatic carbocycles. The summed E-state index contributed by atoms with van der Waals surface area (Å²) in [4.78, 5) is 0. The van der Waals surface area contributed by atoms with Gasteiger partial charge < -0.3 is 5.32 Å². The average Bonchev–Trinajstić information content (AvgIpc) is 2.34. The smallest absolute Gasteiger partial charge is 0.0128 e. The molecule has 0 spiro atoms. The maximum atomic E-state index is 3.68. The lowest BCUT2D eigenvalue weighted by Crippen LogP contribution is -2.40. The maximum absolute atomic E-state index is 3.68. The van der Waals surface area contributed by atoms with Crippen LogP contribution < -0.4 is 5.32 Å². The van der Waals surface area contributed by atoms with E-state index in [0.717, 1.165) is 18.9 Å². The van der Waals surface area contributed by atoms with Gasteiger partial charge in [-0.2, -0.15) is 0 Å². The van der Waals surface area contributed by atoms with Crippen molar-refractivity contribution in [2.24, 2.45) is 5.92 Å². The molecule has 102 valence electrons. The van der Waals surface area contributed by atoms with Crippen molar-refractivity contribution < 1.29 is 0 Å². The second kappa shape index (κ2) is 7.58. The van der Waals surface area contributed by atoms with E-state index in [-0.39, 0.29) is 5.54 Å². The van der Waals surface area contributed by atoms with Crippen LogP contribution in [0.5, 0.6) is 0 Å². The zero-order valence-electron chi connectivity index (χ0n) is 12.5. The summed E-state index contributed by atoms with van der Waals surface area (Å²) in [5, 5.41) is 3.68. The fraction of sp³-hybridized carbons (Fsp3) is 0.647. The molecule has 1 N–H and O–H groups in total. The van der Waals surface area contributed by atoms with Crippen LogP contribution in [0.4, 0.5) is 0 Å². The molecule has 0 fully saturated rings. The third-order valence-corrected chi connectivity index (χ3v) is 3.44. The minimum absolute atomic E-state index is 0.243. The highest BCUT2D eigenvalue weighted by Crippen LogP contribution is 2.14. The molecule has 0 saturated heterocycles. The van der Waals surface area contributed by atoms with Gasteiger partial charge in [0.1, 0.15) is 0 Å². The van der Waals surface area contributed by atoms with Crippen LogP contribution in [0.2, 0.25) is 0 Å². The Balaban J connectivity index is 2.23. The third kappa shape index (κ3) is 6.80. The van der Waals surface area contributed by atoms with E-state index in [1.807, 2.05) is 0 Å². The summed E-state index contributed by atoms with van der Waals surface area (Å²) in [7, 11) is 0. The van der Waals surface area contributed by atoms with Gasteiger partial charge in [0.15, 0.2) is 0 Å². The van der Waals surface area contributed by atoms with E-state index in [1.165, 1.54) is 24.8 Å². The minimum atomic E-state index is 0.243. The Morgan fingerprint density at radius 1 is 1.11 bits per heavy atom. The summed E-state index contributed by atoms with van der Waals surface area (Å²) in [5.41, 5.74) is 1.68. The Morgan fingerprint density at radius 3 is 2.39 bits per heavy atom. The Kier molecular flexibility index (Phi) is 6.42. The van der Waals surface area contributed by atoms with Crippen molar-refractivity contribution in [3.8, 4) is 0 Å². The van der Waals surface area contributed by atoms with Crippen LogP contribution in [0.3, 0.4) is 0 Å². The number of rotatable bonds is 8. The highest BCUT2D eigenvalue weighted by Gasteiger charge is 2.16. The van der Waals surface area contributed by atoms with Crippen molar-refractivity contribution in [2.45, 2.75) is 58.9 Å². The molecule has 0 heterocycles. The standard InChI is InChI=1S/C17H29N/c1-15(2)9-8-14-18-17(3,4)13-12-16-10-6-5-7-11-16/h5-7,10-11,15,18H,8-9,12-14H2,1-4H3. The van der Waals surface area contributed by atoms with E-state index in [0.29, 0.717) is 0 Å². The highest BCUT2D eigenvalue weighted by atomic mass is 14.9. The molecule has 1 rings (SSSR count). The van der Waals surface area contributed by atoms with E-state index in [4.69, 9.17) is 0 Å². The molecule has 0 atom stereocenters. The average molecular weight is 247 g/mol. The predicted molar refractivity (Wildman–Crippen MR) is 80.9 cm³/mol. The molecule has 0 aromatic heterocycles. The SMILES string of the molecule is CC(C)CCCNC(C)(C)CCc1ccccc1. The van der Waals surface area contributed by atoms with Crippen LogP contribution in [0.25, 0.3) is 0 Å². The summed E-state index contributed by atoms with van der Waals surface area (Å²) in [6, 6.07) is 10.8. The summed E-state index contributed by atoms with van der Waals surface area (Å²) >= 11 is 0. The topological polar surface area (TPSA) is 12.0 Å².